The first kappa shape index (κ1) is 22.2. The van der Waals surface area contributed by atoms with Crippen LogP contribution in [-0.4, -0.2) is 66.8 Å². The normalized spacial score (nSPS) is 27.3. The molecule has 1 amide bonds. The van der Waals surface area contributed by atoms with Gasteiger partial charge in [-0.1, -0.05) is 24.3 Å². The molecule has 0 radical (unpaired) electrons. The van der Waals surface area contributed by atoms with Crippen molar-refractivity contribution in [3.63, 3.8) is 0 Å². The number of carbonyl (C=O) groups is 1. The Morgan fingerprint density at radius 2 is 1.91 bits per heavy atom. The molecule has 0 aliphatic carbocycles. The number of ether oxygens (including phenoxy) is 4. The monoisotopic (exact) mass is 454 g/mol. The lowest BCUT2D eigenvalue weighted by atomic mass is 9.94. The number of benzene rings is 2. The van der Waals surface area contributed by atoms with Crippen molar-refractivity contribution in [2.24, 2.45) is 0 Å². The summed E-state index contributed by atoms with van der Waals surface area (Å²) in [5, 5.41) is 13.3. The molecule has 0 spiro atoms. The topological polar surface area (TPSA) is 89.5 Å². The molecule has 3 aliphatic rings. The second-order valence-corrected chi connectivity index (χ2v) is 8.87. The van der Waals surface area contributed by atoms with Crippen LogP contribution in [0.1, 0.15) is 24.8 Å². The number of β-amino-alcohol motifs (C(OH)–C–C–N with tert-alkyl or cyclic N) is 1. The largest absolute Gasteiger partial charge is 0.454 e. The molecule has 5 rings (SSSR count). The molecule has 4 atom stereocenters. The first-order valence-corrected chi connectivity index (χ1v) is 11.5. The zero-order valence-corrected chi connectivity index (χ0v) is 18.5. The number of para-hydroxylation sites is 1. The van der Waals surface area contributed by atoms with Crippen LogP contribution in [0.3, 0.4) is 0 Å². The lowest BCUT2D eigenvalue weighted by Crippen LogP contribution is -2.55. The summed E-state index contributed by atoms with van der Waals surface area (Å²) in [6.07, 6.45) is 1.08. The average molecular weight is 455 g/mol. The van der Waals surface area contributed by atoms with Gasteiger partial charge in [-0.15, -0.1) is 0 Å². The molecule has 0 aromatic heterocycles. The van der Waals surface area contributed by atoms with Gasteiger partial charge in [0.1, 0.15) is 0 Å². The summed E-state index contributed by atoms with van der Waals surface area (Å²) >= 11 is 0. The highest BCUT2D eigenvalue weighted by Gasteiger charge is 2.38. The van der Waals surface area contributed by atoms with Crippen molar-refractivity contribution >= 4 is 11.6 Å². The van der Waals surface area contributed by atoms with Crippen LogP contribution in [0.15, 0.2) is 48.5 Å². The summed E-state index contributed by atoms with van der Waals surface area (Å²) in [5.74, 6) is 1.46. The second kappa shape index (κ2) is 10.1. The van der Waals surface area contributed by atoms with Gasteiger partial charge in [-0.3, -0.25) is 9.69 Å². The number of hydrogen-bond donors (Lipinski definition) is 2. The highest BCUT2D eigenvalue weighted by atomic mass is 16.7. The lowest BCUT2D eigenvalue weighted by Gasteiger charge is -2.44. The molecule has 3 aliphatic heterocycles. The number of aliphatic hydroxyl groups is 1. The fraction of sp³-hybridized carbons (Fsp3) is 0.480. The van der Waals surface area contributed by atoms with E-state index in [9.17, 15) is 9.90 Å². The summed E-state index contributed by atoms with van der Waals surface area (Å²) in [5.41, 5.74) is 1.88. The number of amides is 1. The summed E-state index contributed by atoms with van der Waals surface area (Å²) in [6, 6.07) is 15.5. The highest BCUT2D eigenvalue weighted by Crippen LogP contribution is 2.34. The lowest BCUT2D eigenvalue weighted by molar-refractivity contribution is -0.156. The van der Waals surface area contributed by atoms with Gasteiger partial charge in [-0.2, -0.15) is 0 Å². The Balaban J connectivity index is 1.23. The first-order chi connectivity index (χ1) is 16.1. The molecule has 2 fully saturated rings. The van der Waals surface area contributed by atoms with E-state index in [2.05, 4.69) is 10.2 Å². The van der Waals surface area contributed by atoms with Crippen LogP contribution in [0.4, 0.5) is 5.69 Å². The predicted octanol–water partition coefficient (Wildman–Crippen LogP) is 2.55. The van der Waals surface area contributed by atoms with Gasteiger partial charge < -0.3 is 29.4 Å². The molecule has 2 aromatic carbocycles. The number of anilines is 1. The van der Waals surface area contributed by atoms with Crippen molar-refractivity contribution in [1.29, 1.82) is 0 Å². The van der Waals surface area contributed by atoms with Crippen LogP contribution < -0.4 is 14.8 Å². The summed E-state index contributed by atoms with van der Waals surface area (Å²) in [6.45, 7) is 2.07. The molecule has 33 heavy (non-hydrogen) atoms. The molecule has 8 nitrogen and oxygen atoms in total. The molecule has 0 bridgehead atoms. The molecule has 0 unspecified atom stereocenters. The van der Waals surface area contributed by atoms with Crippen molar-refractivity contribution in [3.05, 3.63) is 54.1 Å². The number of nitrogens with one attached hydrogen (secondary N) is 1. The minimum Gasteiger partial charge on any atom is -0.454 e. The van der Waals surface area contributed by atoms with Gasteiger partial charge in [-0.05, 0) is 42.7 Å². The SMILES string of the molecule is O=C(C[C@@H]1CC[C@H]2[C@@H](COC[C@H](O)CN2Cc2ccc3c(c2)OCO3)O1)Nc1ccccc1. The first-order valence-electron chi connectivity index (χ1n) is 11.5. The fourth-order valence-corrected chi connectivity index (χ4v) is 4.84. The molecule has 2 N–H and O–H groups in total. The third kappa shape index (κ3) is 5.47. The molecular formula is C25H30N2O6. The van der Waals surface area contributed by atoms with Gasteiger partial charge in [0.05, 0.1) is 37.9 Å². The van der Waals surface area contributed by atoms with E-state index in [1.165, 1.54) is 0 Å². The third-order valence-electron chi connectivity index (χ3n) is 6.38. The van der Waals surface area contributed by atoms with Crippen molar-refractivity contribution in [1.82, 2.24) is 4.90 Å². The van der Waals surface area contributed by atoms with Gasteiger partial charge in [0, 0.05) is 24.8 Å². The fourth-order valence-electron chi connectivity index (χ4n) is 4.84. The molecule has 3 heterocycles. The van der Waals surface area contributed by atoms with Crippen molar-refractivity contribution in [2.75, 3.05) is 31.9 Å². The molecule has 176 valence electrons. The van der Waals surface area contributed by atoms with E-state index in [1.807, 2.05) is 48.5 Å². The number of carbonyl (C=O) groups excluding carboxylic acids is 1. The maximum absolute atomic E-state index is 12.5. The van der Waals surface area contributed by atoms with E-state index in [4.69, 9.17) is 18.9 Å². The maximum atomic E-state index is 12.5. The van der Waals surface area contributed by atoms with Crippen LogP contribution in [0.2, 0.25) is 0 Å². The average Bonchev–Trinajstić information content (AvgIpc) is 3.26. The van der Waals surface area contributed by atoms with Crippen LogP contribution in [-0.2, 0) is 20.8 Å². The van der Waals surface area contributed by atoms with E-state index in [1.54, 1.807) is 0 Å². The molecule has 8 heteroatoms. The number of nitrogens with zero attached hydrogens (tertiary/aromatic N) is 1. The van der Waals surface area contributed by atoms with Gasteiger partial charge >= 0.3 is 0 Å². The summed E-state index contributed by atoms with van der Waals surface area (Å²) in [7, 11) is 0. The Morgan fingerprint density at radius 3 is 2.79 bits per heavy atom. The minimum atomic E-state index is -0.561. The summed E-state index contributed by atoms with van der Waals surface area (Å²) in [4.78, 5) is 14.8. The Kier molecular flexibility index (Phi) is 6.78. The number of aliphatic hydroxyl groups excluding tert-OH is 1. The van der Waals surface area contributed by atoms with Crippen LogP contribution in [0.25, 0.3) is 0 Å². The minimum absolute atomic E-state index is 0.0518. The predicted molar refractivity (Wildman–Crippen MR) is 121 cm³/mol. The molecule has 0 saturated carbocycles. The Bertz CT molecular complexity index is 955. The maximum Gasteiger partial charge on any atom is 0.231 e. The van der Waals surface area contributed by atoms with Crippen LogP contribution in [0, 0.1) is 0 Å². The van der Waals surface area contributed by atoms with E-state index < -0.39 is 6.10 Å². The van der Waals surface area contributed by atoms with E-state index in [0.717, 1.165) is 35.6 Å². The van der Waals surface area contributed by atoms with E-state index in [0.29, 0.717) is 26.1 Å². The van der Waals surface area contributed by atoms with Crippen molar-refractivity contribution < 1.29 is 28.8 Å². The van der Waals surface area contributed by atoms with Gasteiger partial charge in [0.25, 0.3) is 0 Å². The Hall–Kier alpha value is -2.65. The van der Waals surface area contributed by atoms with Crippen LogP contribution in [0.5, 0.6) is 11.5 Å². The van der Waals surface area contributed by atoms with Crippen molar-refractivity contribution in [3.8, 4) is 11.5 Å². The van der Waals surface area contributed by atoms with Crippen molar-refractivity contribution in [2.45, 2.75) is 50.2 Å². The molecular weight excluding hydrogens is 424 g/mol. The van der Waals surface area contributed by atoms with E-state index >= 15 is 0 Å². The molecule has 2 saturated heterocycles. The standard InChI is InChI=1S/C25H30N2O6/c28-19-13-27(12-17-6-9-22-23(10-17)32-16-31-22)21-8-7-20(33-24(21)15-30-14-19)11-25(29)26-18-4-2-1-3-5-18/h1-6,9-10,19-21,24,28H,7-8,11-16H2,(H,26,29)/t19-,20+,21+,24-/m1/s1. The number of fused-ring (bicyclic) bond motifs is 2. The van der Waals surface area contributed by atoms with Crippen LogP contribution >= 0.6 is 0 Å². The summed E-state index contributed by atoms with van der Waals surface area (Å²) < 4.78 is 23.0. The zero-order valence-electron chi connectivity index (χ0n) is 18.5. The second-order valence-electron chi connectivity index (χ2n) is 8.87. The van der Waals surface area contributed by atoms with Gasteiger partial charge in [0.15, 0.2) is 11.5 Å². The zero-order chi connectivity index (χ0) is 22.6. The number of hydrogen-bond acceptors (Lipinski definition) is 7. The third-order valence-corrected chi connectivity index (χ3v) is 6.38. The van der Waals surface area contributed by atoms with Gasteiger partial charge in [-0.25, -0.2) is 0 Å². The molecule has 2 aromatic rings. The van der Waals surface area contributed by atoms with E-state index in [-0.39, 0.29) is 37.6 Å². The smallest absolute Gasteiger partial charge is 0.231 e. The number of rotatable bonds is 5. The Labute approximate surface area is 193 Å². The quantitative estimate of drug-likeness (QED) is 0.718. The van der Waals surface area contributed by atoms with Gasteiger partial charge in [0.2, 0.25) is 12.7 Å². The highest BCUT2D eigenvalue weighted by molar-refractivity contribution is 5.90. The Morgan fingerprint density at radius 1 is 1.06 bits per heavy atom.